The molecule has 0 aromatic carbocycles. The standard InChI is InChI=1S/C13H23N3O/c1-16(2)10-12-17-11-9-15-8-5-13-3-6-14-7-4-13/h3-4,6-7,15H,5,8-12H2,1-2H3. The molecule has 0 saturated heterocycles. The molecular formula is C13H23N3O. The van der Waals surface area contributed by atoms with Gasteiger partial charge in [-0.15, -0.1) is 0 Å². The first kappa shape index (κ1) is 14.1. The smallest absolute Gasteiger partial charge is 0.0593 e. The summed E-state index contributed by atoms with van der Waals surface area (Å²) in [5.41, 5.74) is 1.32. The average Bonchev–Trinajstić information content (AvgIpc) is 2.33. The minimum Gasteiger partial charge on any atom is -0.379 e. The molecule has 4 nitrogen and oxygen atoms in total. The third-order valence-electron chi connectivity index (χ3n) is 2.45. The molecule has 0 aliphatic heterocycles. The van der Waals surface area contributed by atoms with Crippen molar-refractivity contribution < 1.29 is 4.74 Å². The SMILES string of the molecule is CN(C)CCOCCNCCc1ccncc1. The zero-order valence-electron chi connectivity index (χ0n) is 10.9. The second-order valence-corrected chi connectivity index (χ2v) is 4.27. The number of aromatic nitrogens is 1. The number of pyridine rings is 1. The molecule has 0 saturated carbocycles. The minimum absolute atomic E-state index is 0.782. The first-order chi connectivity index (χ1) is 8.29. The van der Waals surface area contributed by atoms with Crippen LogP contribution in [0.3, 0.4) is 0 Å². The molecule has 4 heteroatoms. The molecule has 0 aliphatic rings. The summed E-state index contributed by atoms with van der Waals surface area (Å²) in [7, 11) is 4.10. The summed E-state index contributed by atoms with van der Waals surface area (Å²) in [4.78, 5) is 6.12. The van der Waals surface area contributed by atoms with Crippen molar-refractivity contribution in [3.8, 4) is 0 Å². The van der Waals surface area contributed by atoms with E-state index in [-0.39, 0.29) is 0 Å². The van der Waals surface area contributed by atoms with Crippen molar-refractivity contribution in [1.29, 1.82) is 0 Å². The van der Waals surface area contributed by atoms with Crippen molar-refractivity contribution in [3.05, 3.63) is 30.1 Å². The van der Waals surface area contributed by atoms with Gasteiger partial charge in [-0.2, -0.15) is 0 Å². The van der Waals surface area contributed by atoms with Gasteiger partial charge < -0.3 is 15.0 Å². The van der Waals surface area contributed by atoms with Crippen LogP contribution in [0.4, 0.5) is 0 Å². The van der Waals surface area contributed by atoms with E-state index >= 15 is 0 Å². The molecule has 0 radical (unpaired) electrons. The first-order valence-electron chi connectivity index (χ1n) is 6.11. The molecule has 17 heavy (non-hydrogen) atoms. The first-order valence-corrected chi connectivity index (χ1v) is 6.11. The molecule has 0 spiro atoms. The van der Waals surface area contributed by atoms with Gasteiger partial charge in [-0.1, -0.05) is 0 Å². The maximum absolute atomic E-state index is 5.48. The van der Waals surface area contributed by atoms with Crippen LogP contribution in [-0.2, 0) is 11.2 Å². The van der Waals surface area contributed by atoms with E-state index in [9.17, 15) is 0 Å². The summed E-state index contributed by atoms with van der Waals surface area (Å²) < 4.78 is 5.48. The van der Waals surface area contributed by atoms with E-state index in [1.54, 1.807) is 0 Å². The maximum atomic E-state index is 5.48. The zero-order valence-corrected chi connectivity index (χ0v) is 10.9. The van der Waals surface area contributed by atoms with Gasteiger partial charge in [0.15, 0.2) is 0 Å². The topological polar surface area (TPSA) is 37.4 Å². The fraction of sp³-hybridized carbons (Fsp3) is 0.615. The number of rotatable bonds is 9. The van der Waals surface area contributed by atoms with E-state index in [1.165, 1.54) is 5.56 Å². The summed E-state index contributed by atoms with van der Waals surface area (Å²) in [6, 6.07) is 4.10. The Labute approximate surface area is 104 Å². The highest BCUT2D eigenvalue weighted by atomic mass is 16.5. The summed E-state index contributed by atoms with van der Waals surface area (Å²) in [6.45, 7) is 4.47. The molecule has 1 heterocycles. The second-order valence-electron chi connectivity index (χ2n) is 4.27. The Balaban J connectivity index is 1.88. The van der Waals surface area contributed by atoms with Crippen LogP contribution in [0, 0.1) is 0 Å². The molecule has 0 amide bonds. The van der Waals surface area contributed by atoms with Gasteiger partial charge in [0, 0.05) is 25.5 Å². The lowest BCUT2D eigenvalue weighted by Gasteiger charge is -2.10. The highest BCUT2D eigenvalue weighted by molar-refractivity contribution is 5.09. The van der Waals surface area contributed by atoms with Gasteiger partial charge in [-0.05, 0) is 44.8 Å². The molecule has 0 bridgehead atoms. The number of hydrogen-bond acceptors (Lipinski definition) is 4. The highest BCUT2D eigenvalue weighted by Gasteiger charge is 1.93. The largest absolute Gasteiger partial charge is 0.379 e. The number of nitrogens with one attached hydrogen (secondary N) is 1. The lowest BCUT2D eigenvalue weighted by Crippen LogP contribution is -2.24. The summed E-state index contributed by atoms with van der Waals surface area (Å²) in [5.74, 6) is 0. The van der Waals surface area contributed by atoms with E-state index in [0.717, 1.165) is 39.3 Å². The average molecular weight is 237 g/mol. The normalized spacial score (nSPS) is 11.0. The predicted octanol–water partition coefficient (Wildman–Crippen LogP) is 0.792. The van der Waals surface area contributed by atoms with E-state index in [0.29, 0.717) is 0 Å². The molecule has 1 rings (SSSR count). The van der Waals surface area contributed by atoms with Crippen molar-refractivity contribution in [2.24, 2.45) is 0 Å². The van der Waals surface area contributed by atoms with Crippen molar-refractivity contribution in [3.63, 3.8) is 0 Å². The summed E-state index contributed by atoms with van der Waals surface area (Å²) in [6.07, 6.45) is 4.71. The zero-order chi connectivity index (χ0) is 12.3. The maximum Gasteiger partial charge on any atom is 0.0593 e. The Morgan fingerprint density at radius 3 is 2.65 bits per heavy atom. The van der Waals surface area contributed by atoms with Crippen LogP contribution in [0.5, 0.6) is 0 Å². The Kier molecular flexibility index (Phi) is 7.54. The molecular weight excluding hydrogens is 214 g/mol. The molecule has 0 aliphatic carbocycles. The highest BCUT2D eigenvalue weighted by Crippen LogP contribution is 1.95. The van der Waals surface area contributed by atoms with Gasteiger partial charge in [-0.3, -0.25) is 4.98 Å². The number of hydrogen-bond donors (Lipinski definition) is 1. The van der Waals surface area contributed by atoms with E-state index in [4.69, 9.17) is 4.74 Å². The Hall–Kier alpha value is -0.970. The van der Waals surface area contributed by atoms with Gasteiger partial charge in [0.2, 0.25) is 0 Å². The van der Waals surface area contributed by atoms with Crippen LogP contribution in [0.25, 0.3) is 0 Å². The minimum atomic E-state index is 0.782. The van der Waals surface area contributed by atoms with Gasteiger partial charge >= 0.3 is 0 Å². The second kappa shape index (κ2) is 9.10. The molecule has 1 aromatic rings. The summed E-state index contributed by atoms with van der Waals surface area (Å²) in [5, 5.41) is 3.36. The third kappa shape index (κ3) is 7.85. The van der Waals surface area contributed by atoms with Gasteiger partial charge in [-0.25, -0.2) is 0 Å². The lowest BCUT2D eigenvalue weighted by atomic mass is 10.2. The molecule has 0 unspecified atom stereocenters. The van der Waals surface area contributed by atoms with Crippen molar-refractivity contribution >= 4 is 0 Å². The van der Waals surface area contributed by atoms with Crippen molar-refractivity contribution in [2.75, 3.05) is 46.9 Å². The monoisotopic (exact) mass is 237 g/mol. The predicted molar refractivity (Wildman–Crippen MR) is 70.2 cm³/mol. The quantitative estimate of drug-likeness (QED) is 0.644. The Morgan fingerprint density at radius 1 is 1.18 bits per heavy atom. The number of likely N-dealkylation sites (N-methyl/N-ethyl adjacent to an activating group) is 1. The molecule has 1 aromatic heterocycles. The molecule has 1 N–H and O–H groups in total. The number of nitrogens with zero attached hydrogens (tertiary/aromatic N) is 2. The van der Waals surface area contributed by atoms with E-state index in [1.807, 2.05) is 12.4 Å². The van der Waals surface area contributed by atoms with Gasteiger partial charge in [0.1, 0.15) is 0 Å². The summed E-state index contributed by atoms with van der Waals surface area (Å²) >= 11 is 0. The van der Waals surface area contributed by atoms with Crippen LogP contribution >= 0.6 is 0 Å². The fourth-order valence-corrected chi connectivity index (χ4v) is 1.40. The molecule has 96 valence electrons. The van der Waals surface area contributed by atoms with Crippen LogP contribution in [-0.4, -0.2) is 56.8 Å². The third-order valence-corrected chi connectivity index (χ3v) is 2.45. The number of ether oxygens (including phenoxy) is 1. The van der Waals surface area contributed by atoms with Crippen LogP contribution < -0.4 is 5.32 Å². The van der Waals surface area contributed by atoms with Crippen molar-refractivity contribution in [2.45, 2.75) is 6.42 Å². The fourth-order valence-electron chi connectivity index (χ4n) is 1.40. The van der Waals surface area contributed by atoms with Crippen LogP contribution in [0.1, 0.15) is 5.56 Å². The van der Waals surface area contributed by atoms with Gasteiger partial charge in [0.25, 0.3) is 0 Å². The Morgan fingerprint density at radius 2 is 1.94 bits per heavy atom. The molecule has 0 fully saturated rings. The van der Waals surface area contributed by atoms with E-state index in [2.05, 4.69) is 41.4 Å². The van der Waals surface area contributed by atoms with Gasteiger partial charge in [0.05, 0.1) is 13.2 Å². The van der Waals surface area contributed by atoms with Crippen molar-refractivity contribution in [1.82, 2.24) is 15.2 Å². The van der Waals surface area contributed by atoms with Crippen LogP contribution in [0.15, 0.2) is 24.5 Å². The van der Waals surface area contributed by atoms with Crippen LogP contribution in [0.2, 0.25) is 0 Å². The van der Waals surface area contributed by atoms with E-state index < -0.39 is 0 Å². The molecule has 0 atom stereocenters. The lowest BCUT2D eigenvalue weighted by molar-refractivity contribution is 0.119. The Bertz CT molecular complexity index is 277.